The number of benzene rings is 1. The Hall–Kier alpha value is -1.69. The van der Waals surface area contributed by atoms with Crippen molar-refractivity contribution in [2.75, 3.05) is 43.9 Å². The van der Waals surface area contributed by atoms with Gasteiger partial charge in [0.05, 0.1) is 6.54 Å². The van der Waals surface area contributed by atoms with Crippen molar-refractivity contribution in [3.05, 3.63) is 29.8 Å². The highest BCUT2D eigenvalue weighted by molar-refractivity contribution is 8.00. The normalized spacial score (nSPS) is 20.9. The van der Waals surface area contributed by atoms with Gasteiger partial charge in [-0.1, -0.05) is 25.1 Å². The lowest BCUT2D eigenvalue weighted by molar-refractivity contribution is -0.117. The molecule has 6 heteroatoms. The summed E-state index contributed by atoms with van der Waals surface area (Å²) in [4.78, 5) is 21.2. The summed E-state index contributed by atoms with van der Waals surface area (Å²) in [5.41, 5.74) is 2.31. The lowest BCUT2D eigenvalue weighted by Gasteiger charge is -2.34. The van der Waals surface area contributed by atoms with E-state index >= 15 is 0 Å². The number of carbonyl (C=O) groups excluding carboxylic acids is 1. The van der Waals surface area contributed by atoms with Crippen LogP contribution in [0, 0.1) is 0 Å². The molecule has 1 N–H and O–H groups in total. The van der Waals surface area contributed by atoms with E-state index in [9.17, 15) is 4.79 Å². The third-order valence-corrected chi connectivity index (χ3v) is 6.06. The third kappa shape index (κ3) is 3.69. The number of amides is 1. The first-order chi connectivity index (χ1) is 11.7. The molecule has 2 heterocycles. The van der Waals surface area contributed by atoms with Gasteiger partial charge in [-0.15, -0.1) is 0 Å². The van der Waals surface area contributed by atoms with Crippen LogP contribution in [0.15, 0.2) is 29.3 Å². The number of hydrogen-bond donors (Lipinski definition) is 1. The number of fused-ring (bicyclic) bond motifs is 1. The van der Waals surface area contributed by atoms with E-state index in [1.807, 2.05) is 34.9 Å². The first-order valence-electron chi connectivity index (χ1n) is 8.68. The van der Waals surface area contributed by atoms with E-state index in [1.54, 1.807) is 7.05 Å². The maximum Gasteiger partial charge on any atom is 0.246 e. The maximum absolute atomic E-state index is 12.6. The lowest BCUT2D eigenvalue weighted by Crippen LogP contribution is -2.50. The Morgan fingerprint density at radius 3 is 3.00 bits per heavy atom. The average molecular weight is 347 g/mol. The minimum absolute atomic E-state index is 0.111. The van der Waals surface area contributed by atoms with Crippen molar-refractivity contribution in [3.8, 4) is 0 Å². The largest absolute Gasteiger partial charge is 0.347 e. The van der Waals surface area contributed by atoms with Crippen LogP contribution in [0.4, 0.5) is 5.69 Å². The fourth-order valence-electron chi connectivity index (χ4n) is 3.34. The predicted octanol–water partition coefficient (Wildman–Crippen LogP) is 1.98. The third-order valence-electron chi connectivity index (χ3n) is 4.69. The molecule has 5 nitrogen and oxygen atoms in total. The van der Waals surface area contributed by atoms with Gasteiger partial charge in [-0.25, -0.2) is 0 Å². The molecule has 1 atom stereocenters. The molecule has 1 fully saturated rings. The number of nitrogens with zero attached hydrogens (tertiary/aromatic N) is 3. The van der Waals surface area contributed by atoms with Gasteiger partial charge in [-0.2, -0.15) is 11.8 Å². The molecule has 3 rings (SSSR count). The summed E-state index contributed by atoms with van der Waals surface area (Å²) in [6.45, 7) is 5.28. The van der Waals surface area contributed by atoms with Gasteiger partial charge in [0.1, 0.15) is 0 Å². The molecule has 0 spiro atoms. The SMILES string of the molecule is CCC1CN(C(=NC)NCC(=O)N2CCc3ccccc32)CCS1. The Morgan fingerprint density at radius 2 is 2.21 bits per heavy atom. The van der Waals surface area contributed by atoms with Crippen LogP contribution in [0.5, 0.6) is 0 Å². The molecule has 0 aromatic heterocycles. The maximum atomic E-state index is 12.6. The van der Waals surface area contributed by atoms with Crippen LogP contribution in [-0.2, 0) is 11.2 Å². The minimum Gasteiger partial charge on any atom is -0.347 e. The zero-order valence-corrected chi connectivity index (χ0v) is 15.3. The number of thioether (sulfide) groups is 1. The number of para-hydroxylation sites is 1. The highest BCUT2D eigenvalue weighted by Gasteiger charge is 2.25. The van der Waals surface area contributed by atoms with Crippen LogP contribution in [0.3, 0.4) is 0 Å². The van der Waals surface area contributed by atoms with Crippen molar-refractivity contribution < 1.29 is 4.79 Å². The zero-order valence-electron chi connectivity index (χ0n) is 14.5. The van der Waals surface area contributed by atoms with Gasteiger partial charge in [0.15, 0.2) is 5.96 Å². The van der Waals surface area contributed by atoms with Crippen LogP contribution in [0.25, 0.3) is 0 Å². The van der Waals surface area contributed by atoms with Gasteiger partial charge < -0.3 is 15.1 Å². The minimum atomic E-state index is 0.111. The highest BCUT2D eigenvalue weighted by Crippen LogP contribution is 2.27. The van der Waals surface area contributed by atoms with Gasteiger partial charge in [-0.3, -0.25) is 9.79 Å². The molecule has 1 aromatic carbocycles. The summed E-state index contributed by atoms with van der Waals surface area (Å²) in [6, 6.07) is 8.16. The van der Waals surface area contributed by atoms with Crippen molar-refractivity contribution in [1.82, 2.24) is 10.2 Å². The number of guanidine groups is 1. The van der Waals surface area contributed by atoms with Gasteiger partial charge in [0.2, 0.25) is 5.91 Å². The topological polar surface area (TPSA) is 47.9 Å². The summed E-state index contributed by atoms with van der Waals surface area (Å²) < 4.78 is 0. The number of hydrogen-bond acceptors (Lipinski definition) is 3. The molecule has 1 aromatic rings. The molecule has 130 valence electrons. The average Bonchev–Trinajstić information content (AvgIpc) is 3.06. The predicted molar refractivity (Wildman–Crippen MR) is 102 cm³/mol. The monoisotopic (exact) mass is 346 g/mol. The Balaban J connectivity index is 1.57. The van der Waals surface area contributed by atoms with Crippen LogP contribution in [0.2, 0.25) is 0 Å². The van der Waals surface area contributed by atoms with Crippen LogP contribution >= 0.6 is 11.8 Å². The van der Waals surface area contributed by atoms with Crippen molar-refractivity contribution in [3.63, 3.8) is 0 Å². The van der Waals surface area contributed by atoms with E-state index in [2.05, 4.69) is 28.2 Å². The second-order valence-electron chi connectivity index (χ2n) is 6.17. The Kier molecular flexibility index (Phi) is 5.66. The quantitative estimate of drug-likeness (QED) is 0.672. The fourth-order valence-corrected chi connectivity index (χ4v) is 4.52. The molecule has 1 saturated heterocycles. The molecule has 1 amide bonds. The summed E-state index contributed by atoms with van der Waals surface area (Å²) in [6.07, 6.45) is 2.11. The smallest absolute Gasteiger partial charge is 0.246 e. The molecular weight excluding hydrogens is 320 g/mol. The standard InChI is InChI=1S/C18H26N4OS/c1-3-15-13-21(10-11-24-15)18(19-2)20-12-17(23)22-9-8-14-6-4-5-7-16(14)22/h4-7,15H,3,8-13H2,1-2H3,(H,19,20). The summed E-state index contributed by atoms with van der Waals surface area (Å²) in [7, 11) is 1.79. The number of carbonyl (C=O) groups is 1. The Morgan fingerprint density at radius 1 is 1.38 bits per heavy atom. The second kappa shape index (κ2) is 7.92. The summed E-state index contributed by atoms with van der Waals surface area (Å²) >= 11 is 2.03. The molecule has 1 unspecified atom stereocenters. The summed E-state index contributed by atoms with van der Waals surface area (Å²) in [5.74, 6) is 2.07. The van der Waals surface area contributed by atoms with Gasteiger partial charge in [0, 0.05) is 43.4 Å². The number of rotatable bonds is 3. The lowest BCUT2D eigenvalue weighted by atomic mass is 10.2. The van der Waals surface area contributed by atoms with E-state index in [0.29, 0.717) is 11.8 Å². The first kappa shape index (κ1) is 17.1. The van der Waals surface area contributed by atoms with Gasteiger partial charge in [-0.05, 0) is 24.5 Å². The van der Waals surface area contributed by atoms with Crippen LogP contribution in [0.1, 0.15) is 18.9 Å². The Bertz CT molecular complexity index is 619. The van der Waals surface area contributed by atoms with E-state index < -0.39 is 0 Å². The Labute approximate surface area is 148 Å². The molecule has 0 saturated carbocycles. The van der Waals surface area contributed by atoms with Gasteiger partial charge in [0.25, 0.3) is 0 Å². The highest BCUT2D eigenvalue weighted by atomic mass is 32.2. The molecule has 0 aliphatic carbocycles. The van der Waals surface area contributed by atoms with E-state index in [-0.39, 0.29) is 5.91 Å². The second-order valence-corrected chi connectivity index (χ2v) is 7.58. The molecule has 0 bridgehead atoms. The number of anilines is 1. The number of nitrogens with one attached hydrogen (secondary N) is 1. The zero-order chi connectivity index (χ0) is 16.9. The van der Waals surface area contributed by atoms with E-state index in [4.69, 9.17) is 0 Å². The number of aliphatic imine (C=N–C) groups is 1. The van der Waals surface area contributed by atoms with E-state index in [0.717, 1.165) is 43.5 Å². The molecule has 0 radical (unpaired) electrons. The van der Waals surface area contributed by atoms with E-state index in [1.165, 1.54) is 12.0 Å². The first-order valence-corrected chi connectivity index (χ1v) is 9.73. The summed E-state index contributed by atoms with van der Waals surface area (Å²) in [5, 5.41) is 3.92. The van der Waals surface area contributed by atoms with Crippen molar-refractivity contribution in [1.29, 1.82) is 0 Å². The fraction of sp³-hybridized carbons (Fsp3) is 0.556. The van der Waals surface area contributed by atoms with Gasteiger partial charge >= 0.3 is 0 Å². The van der Waals surface area contributed by atoms with Crippen molar-refractivity contribution in [2.24, 2.45) is 4.99 Å². The van der Waals surface area contributed by atoms with Crippen LogP contribution in [-0.4, -0.2) is 61.0 Å². The van der Waals surface area contributed by atoms with Crippen molar-refractivity contribution in [2.45, 2.75) is 25.0 Å². The molecule has 24 heavy (non-hydrogen) atoms. The molecular formula is C18H26N4OS. The molecule has 2 aliphatic heterocycles. The van der Waals surface area contributed by atoms with Crippen molar-refractivity contribution >= 4 is 29.3 Å². The molecule has 2 aliphatic rings. The van der Waals surface area contributed by atoms with Crippen LogP contribution < -0.4 is 10.2 Å².